The van der Waals surface area contributed by atoms with Crippen molar-refractivity contribution >= 4 is 50.7 Å². The molecule has 0 atom stereocenters. The van der Waals surface area contributed by atoms with Crippen molar-refractivity contribution in [3.63, 3.8) is 0 Å². The van der Waals surface area contributed by atoms with Gasteiger partial charge in [0.15, 0.2) is 5.16 Å². The lowest BCUT2D eigenvalue weighted by Crippen LogP contribution is -2.24. The molecule has 5 rings (SSSR count). The van der Waals surface area contributed by atoms with Crippen LogP contribution in [-0.4, -0.2) is 27.4 Å². The number of hydrogen-bond donors (Lipinski definition) is 1. The number of carbonyl (C=O) groups is 1. The molecule has 1 N–H and O–H groups in total. The topological polar surface area (TPSA) is 85.6 Å². The molecule has 9 heteroatoms. The Morgan fingerprint density at radius 3 is 2.56 bits per heavy atom. The summed E-state index contributed by atoms with van der Waals surface area (Å²) >= 11 is 4.60. The van der Waals surface area contributed by atoms with Gasteiger partial charge in [-0.1, -0.05) is 82.3 Å². The molecule has 0 bridgehead atoms. The maximum atomic E-state index is 13.3. The van der Waals surface area contributed by atoms with Crippen molar-refractivity contribution in [3.8, 4) is 11.4 Å². The maximum absolute atomic E-state index is 13.3. The van der Waals surface area contributed by atoms with Crippen molar-refractivity contribution < 1.29 is 9.53 Å². The Morgan fingerprint density at radius 2 is 1.74 bits per heavy atom. The average Bonchev–Trinajstić information content (AvgIpc) is 2.97. The molecule has 1 aromatic heterocycles. The highest BCUT2D eigenvalue weighted by Crippen LogP contribution is 2.22. The van der Waals surface area contributed by atoms with E-state index in [1.165, 1.54) is 16.3 Å². The Labute approximate surface area is 237 Å². The van der Waals surface area contributed by atoms with Gasteiger partial charge >= 0.3 is 0 Å². The SMILES string of the molecule is O=C(CSc1nc2ccccc2c(=O)n1-c1ccc(Br)cc1)NN=Cc1cccc(OCc2ccccc2)c1. The first kappa shape index (κ1) is 26.4. The summed E-state index contributed by atoms with van der Waals surface area (Å²) in [6.07, 6.45) is 1.56. The molecule has 0 radical (unpaired) electrons. The highest BCUT2D eigenvalue weighted by Gasteiger charge is 2.14. The molecule has 1 heterocycles. The Kier molecular flexibility index (Phi) is 8.50. The lowest BCUT2D eigenvalue weighted by Gasteiger charge is -2.13. The van der Waals surface area contributed by atoms with Gasteiger partial charge in [-0.2, -0.15) is 5.10 Å². The fourth-order valence-electron chi connectivity index (χ4n) is 3.79. The number of amides is 1. The standard InChI is InChI=1S/C30H23BrN4O3S/c31-23-13-15-24(16-14-23)35-29(37)26-11-4-5-12-27(26)33-30(35)39-20-28(36)34-32-18-22-9-6-10-25(17-22)38-19-21-7-2-1-3-8-21/h1-18H,19-20H2,(H,34,36). The van der Waals surface area contributed by atoms with Gasteiger partial charge in [0.25, 0.3) is 11.5 Å². The second kappa shape index (κ2) is 12.6. The van der Waals surface area contributed by atoms with E-state index >= 15 is 0 Å². The monoisotopic (exact) mass is 598 g/mol. The van der Waals surface area contributed by atoms with E-state index in [9.17, 15) is 9.59 Å². The molecule has 0 unspecified atom stereocenters. The number of thioether (sulfide) groups is 1. The van der Waals surface area contributed by atoms with Crippen molar-refractivity contribution in [2.75, 3.05) is 5.75 Å². The molecule has 0 saturated heterocycles. The number of halogens is 1. The van der Waals surface area contributed by atoms with Crippen LogP contribution in [0.1, 0.15) is 11.1 Å². The number of para-hydroxylation sites is 1. The van der Waals surface area contributed by atoms with Gasteiger partial charge in [-0.15, -0.1) is 0 Å². The molecule has 0 aliphatic rings. The summed E-state index contributed by atoms with van der Waals surface area (Å²) in [6.45, 7) is 0.462. The van der Waals surface area contributed by atoms with Crippen LogP contribution in [0, 0.1) is 0 Å². The average molecular weight is 600 g/mol. The second-order valence-corrected chi connectivity index (χ2v) is 10.3. The van der Waals surface area contributed by atoms with Crippen LogP contribution in [0.15, 0.2) is 123 Å². The molecule has 0 fully saturated rings. The van der Waals surface area contributed by atoms with Crippen molar-refractivity contribution in [2.45, 2.75) is 11.8 Å². The van der Waals surface area contributed by atoms with Crippen LogP contribution in [0.3, 0.4) is 0 Å². The molecule has 194 valence electrons. The molecule has 0 aliphatic heterocycles. The minimum absolute atomic E-state index is 0.0267. The fraction of sp³-hybridized carbons (Fsp3) is 0.0667. The van der Waals surface area contributed by atoms with Gasteiger partial charge in [0, 0.05) is 4.47 Å². The number of benzene rings is 4. The van der Waals surface area contributed by atoms with Gasteiger partial charge in [-0.3, -0.25) is 14.2 Å². The quantitative estimate of drug-likeness (QED) is 0.0977. The number of nitrogens with zero attached hydrogens (tertiary/aromatic N) is 3. The van der Waals surface area contributed by atoms with Gasteiger partial charge in [0.05, 0.1) is 28.6 Å². The first-order valence-electron chi connectivity index (χ1n) is 12.1. The van der Waals surface area contributed by atoms with Crippen molar-refractivity contribution in [1.29, 1.82) is 0 Å². The molecule has 5 aromatic rings. The third-order valence-corrected chi connectivity index (χ3v) is 7.14. The van der Waals surface area contributed by atoms with Crippen LogP contribution in [0.4, 0.5) is 0 Å². The second-order valence-electron chi connectivity index (χ2n) is 8.46. The van der Waals surface area contributed by atoms with Crippen LogP contribution < -0.4 is 15.7 Å². The van der Waals surface area contributed by atoms with E-state index in [-0.39, 0.29) is 17.2 Å². The molecular formula is C30H23BrN4O3S. The van der Waals surface area contributed by atoms with Gasteiger partial charge < -0.3 is 4.74 Å². The highest BCUT2D eigenvalue weighted by atomic mass is 79.9. The summed E-state index contributed by atoms with van der Waals surface area (Å²) in [5.41, 5.74) is 5.45. The third kappa shape index (κ3) is 6.81. The number of nitrogens with one attached hydrogen (secondary N) is 1. The van der Waals surface area contributed by atoms with E-state index in [0.29, 0.717) is 34.1 Å². The molecule has 0 aliphatic carbocycles. The van der Waals surface area contributed by atoms with Gasteiger partial charge in [0.1, 0.15) is 12.4 Å². The first-order valence-corrected chi connectivity index (χ1v) is 13.8. The molecule has 4 aromatic carbocycles. The number of fused-ring (bicyclic) bond motifs is 1. The van der Waals surface area contributed by atoms with Crippen LogP contribution >= 0.6 is 27.7 Å². The predicted octanol–water partition coefficient (Wildman–Crippen LogP) is 5.97. The van der Waals surface area contributed by atoms with E-state index in [0.717, 1.165) is 15.6 Å². The number of carbonyl (C=O) groups excluding carboxylic acids is 1. The Hall–Kier alpha value is -4.21. The third-order valence-electron chi connectivity index (χ3n) is 5.67. The fourth-order valence-corrected chi connectivity index (χ4v) is 4.86. The molecule has 39 heavy (non-hydrogen) atoms. The normalized spacial score (nSPS) is 11.1. The minimum atomic E-state index is -0.322. The smallest absolute Gasteiger partial charge is 0.266 e. The zero-order chi connectivity index (χ0) is 27.0. The molecule has 7 nitrogen and oxygen atoms in total. The minimum Gasteiger partial charge on any atom is -0.489 e. The molecule has 0 spiro atoms. The Bertz CT molecular complexity index is 1690. The summed E-state index contributed by atoms with van der Waals surface area (Å²) in [5.74, 6) is 0.411. The Balaban J connectivity index is 1.25. The summed E-state index contributed by atoms with van der Waals surface area (Å²) in [6, 6.07) is 31.9. The lowest BCUT2D eigenvalue weighted by molar-refractivity contribution is -0.118. The highest BCUT2D eigenvalue weighted by molar-refractivity contribution is 9.10. The van der Waals surface area contributed by atoms with E-state index in [1.807, 2.05) is 84.9 Å². The van der Waals surface area contributed by atoms with Crippen LogP contribution in [0.2, 0.25) is 0 Å². The zero-order valence-corrected chi connectivity index (χ0v) is 23.1. The van der Waals surface area contributed by atoms with Crippen LogP contribution in [-0.2, 0) is 11.4 Å². The van der Waals surface area contributed by atoms with Crippen molar-refractivity contribution in [1.82, 2.24) is 15.0 Å². The lowest BCUT2D eigenvalue weighted by atomic mass is 10.2. The summed E-state index contributed by atoms with van der Waals surface area (Å²) in [7, 11) is 0. The number of hydrazone groups is 1. The zero-order valence-electron chi connectivity index (χ0n) is 20.7. The van der Waals surface area contributed by atoms with Crippen molar-refractivity contribution in [2.24, 2.45) is 5.10 Å². The van der Waals surface area contributed by atoms with Crippen molar-refractivity contribution in [3.05, 3.63) is 129 Å². The molecule has 1 amide bonds. The summed E-state index contributed by atoms with van der Waals surface area (Å²) in [5, 5.41) is 5.01. The summed E-state index contributed by atoms with van der Waals surface area (Å²) < 4.78 is 8.27. The summed E-state index contributed by atoms with van der Waals surface area (Å²) in [4.78, 5) is 30.6. The Morgan fingerprint density at radius 1 is 0.974 bits per heavy atom. The maximum Gasteiger partial charge on any atom is 0.266 e. The van der Waals surface area contributed by atoms with Crippen LogP contribution in [0.25, 0.3) is 16.6 Å². The predicted molar refractivity (Wildman–Crippen MR) is 159 cm³/mol. The number of ether oxygens (including phenoxy) is 1. The largest absolute Gasteiger partial charge is 0.489 e. The van der Waals surface area contributed by atoms with Gasteiger partial charge in [-0.05, 0) is 59.7 Å². The van der Waals surface area contributed by atoms with Gasteiger partial charge in [0.2, 0.25) is 0 Å². The molecular weight excluding hydrogens is 576 g/mol. The number of rotatable bonds is 9. The number of hydrogen-bond acceptors (Lipinski definition) is 6. The van der Waals surface area contributed by atoms with E-state index in [2.05, 4.69) is 31.4 Å². The van der Waals surface area contributed by atoms with Crippen LogP contribution in [0.5, 0.6) is 5.75 Å². The van der Waals surface area contributed by atoms with E-state index in [1.54, 1.807) is 24.4 Å². The van der Waals surface area contributed by atoms with Gasteiger partial charge in [-0.25, -0.2) is 10.4 Å². The van der Waals surface area contributed by atoms with E-state index in [4.69, 9.17) is 4.74 Å². The molecule has 0 saturated carbocycles. The number of aromatic nitrogens is 2. The first-order chi connectivity index (χ1) is 19.1. The van der Waals surface area contributed by atoms with E-state index < -0.39 is 0 Å².